The van der Waals surface area contributed by atoms with Crippen LogP contribution >= 0.6 is 0 Å². The van der Waals surface area contributed by atoms with E-state index in [2.05, 4.69) is 19.1 Å². The Morgan fingerprint density at radius 3 is 2.11 bits per heavy atom. The zero-order chi connectivity index (χ0) is 18.9. The van der Waals surface area contributed by atoms with Crippen LogP contribution in [0.15, 0.2) is 12.2 Å². The molecule has 0 spiro atoms. The van der Waals surface area contributed by atoms with Crippen molar-refractivity contribution in [3.05, 3.63) is 12.2 Å². The summed E-state index contributed by atoms with van der Waals surface area (Å²) in [5.41, 5.74) is 0. The SMILES string of the molecule is C/C=C\[C@H]1CO[C@H](CCC2COC([C@H]3CC[C@H](CCCC)CC3)OC2)OC1. The third-order valence-electron chi connectivity index (χ3n) is 6.50. The lowest BCUT2D eigenvalue weighted by atomic mass is 9.79. The Balaban J connectivity index is 1.27. The average molecular weight is 381 g/mol. The van der Waals surface area contributed by atoms with E-state index in [1.807, 2.05) is 6.92 Å². The Hall–Kier alpha value is -0.420. The van der Waals surface area contributed by atoms with E-state index in [-0.39, 0.29) is 12.6 Å². The lowest BCUT2D eigenvalue weighted by Crippen LogP contribution is -2.39. The van der Waals surface area contributed by atoms with Crippen LogP contribution in [0, 0.1) is 23.7 Å². The Labute approximate surface area is 166 Å². The summed E-state index contributed by atoms with van der Waals surface area (Å²) in [5.74, 6) is 2.44. The van der Waals surface area contributed by atoms with Crippen molar-refractivity contribution in [3.63, 3.8) is 0 Å². The molecule has 0 atom stereocenters. The molecule has 0 aromatic rings. The van der Waals surface area contributed by atoms with Gasteiger partial charge in [-0.05, 0) is 51.4 Å². The maximum absolute atomic E-state index is 6.12. The molecule has 0 bridgehead atoms. The van der Waals surface area contributed by atoms with Crippen LogP contribution in [0.25, 0.3) is 0 Å². The highest BCUT2D eigenvalue weighted by molar-refractivity contribution is 4.86. The molecule has 0 unspecified atom stereocenters. The summed E-state index contributed by atoms with van der Waals surface area (Å²) in [5, 5.41) is 0. The first-order valence-electron chi connectivity index (χ1n) is 11.4. The van der Waals surface area contributed by atoms with Crippen molar-refractivity contribution >= 4 is 0 Å². The number of hydrogen-bond donors (Lipinski definition) is 0. The maximum Gasteiger partial charge on any atom is 0.160 e. The second kappa shape index (κ2) is 11.5. The molecule has 0 N–H and O–H groups in total. The maximum atomic E-state index is 6.12. The third kappa shape index (κ3) is 6.85. The fourth-order valence-electron chi connectivity index (χ4n) is 4.72. The number of ether oxygens (including phenoxy) is 4. The first-order valence-corrected chi connectivity index (χ1v) is 11.4. The molecule has 1 saturated carbocycles. The molecule has 1 aliphatic carbocycles. The number of hydrogen-bond acceptors (Lipinski definition) is 4. The summed E-state index contributed by atoms with van der Waals surface area (Å²) in [6, 6.07) is 0. The van der Waals surface area contributed by atoms with Gasteiger partial charge in [0.05, 0.1) is 26.4 Å². The van der Waals surface area contributed by atoms with Gasteiger partial charge in [0, 0.05) is 17.8 Å². The van der Waals surface area contributed by atoms with Crippen molar-refractivity contribution in [3.8, 4) is 0 Å². The zero-order valence-electron chi connectivity index (χ0n) is 17.4. The van der Waals surface area contributed by atoms with E-state index in [0.29, 0.717) is 17.8 Å². The molecule has 0 aromatic heterocycles. The number of rotatable bonds is 8. The second-order valence-corrected chi connectivity index (χ2v) is 8.78. The molecule has 0 radical (unpaired) electrons. The minimum Gasteiger partial charge on any atom is -0.352 e. The Kier molecular flexibility index (Phi) is 9.11. The van der Waals surface area contributed by atoms with Gasteiger partial charge in [0.1, 0.15) is 0 Å². The van der Waals surface area contributed by atoms with Crippen molar-refractivity contribution in [1.82, 2.24) is 0 Å². The molecule has 4 heteroatoms. The highest BCUT2D eigenvalue weighted by atomic mass is 16.7. The standard InChI is InChI=1S/C23H40O4/c1-3-5-7-18-8-11-21(12-9-18)23-26-16-20(17-27-23)10-13-22-24-14-19(6-4-2)15-25-22/h4,6,18-23H,3,5,7-17H2,1-2H3/b6-4-/t18-,19-,20?,21-,22-,23?. The smallest absolute Gasteiger partial charge is 0.160 e. The van der Waals surface area contributed by atoms with Gasteiger partial charge in [0.25, 0.3) is 0 Å². The molecular weight excluding hydrogens is 340 g/mol. The van der Waals surface area contributed by atoms with Crippen LogP contribution < -0.4 is 0 Å². The molecule has 3 rings (SSSR count). The van der Waals surface area contributed by atoms with Gasteiger partial charge in [0.2, 0.25) is 0 Å². The molecule has 156 valence electrons. The van der Waals surface area contributed by atoms with Crippen molar-refractivity contribution in [2.45, 2.75) is 84.2 Å². The van der Waals surface area contributed by atoms with Crippen LogP contribution in [-0.4, -0.2) is 39.0 Å². The van der Waals surface area contributed by atoms with Gasteiger partial charge < -0.3 is 18.9 Å². The van der Waals surface area contributed by atoms with Crippen LogP contribution in [-0.2, 0) is 18.9 Å². The predicted molar refractivity (Wildman–Crippen MR) is 107 cm³/mol. The fraction of sp³-hybridized carbons (Fsp3) is 0.913. The van der Waals surface area contributed by atoms with E-state index < -0.39 is 0 Å². The Morgan fingerprint density at radius 1 is 0.778 bits per heavy atom. The highest BCUT2D eigenvalue weighted by Crippen LogP contribution is 2.36. The van der Waals surface area contributed by atoms with Gasteiger partial charge in [-0.1, -0.05) is 38.3 Å². The molecule has 27 heavy (non-hydrogen) atoms. The number of allylic oxidation sites excluding steroid dienone is 1. The Morgan fingerprint density at radius 2 is 1.48 bits per heavy atom. The molecule has 2 aliphatic heterocycles. The molecular formula is C23H40O4. The normalized spacial score (nSPS) is 38.3. The molecule has 4 nitrogen and oxygen atoms in total. The van der Waals surface area contributed by atoms with E-state index in [1.165, 1.54) is 44.9 Å². The quantitative estimate of drug-likeness (QED) is 0.534. The lowest BCUT2D eigenvalue weighted by Gasteiger charge is -2.38. The van der Waals surface area contributed by atoms with Crippen molar-refractivity contribution < 1.29 is 18.9 Å². The summed E-state index contributed by atoms with van der Waals surface area (Å²) >= 11 is 0. The van der Waals surface area contributed by atoms with Gasteiger partial charge in [-0.15, -0.1) is 0 Å². The monoisotopic (exact) mass is 380 g/mol. The van der Waals surface area contributed by atoms with Gasteiger partial charge >= 0.3 is 0 Å². The van der Waals surface area contributed by atoms with Gasteiger partial charge in [-0.3, -0.25) is 0 Å². The van der Waals surface area contributed by atoms with Crippen LogP contribution in [0.5, 0.6) is 0 Å². The fourth-order valence-corrected chi connectivity index (χ4v) is 4.72. The first kappa shape index (κ1) is 21.3. The largest absolute Gasteiger partial charge is 0.352 e. The topological polar surface area (TPSA) is 36.9 Å². The van der Waals surface area contributed by atoms with E-state index >= 15 is 0 Å². The van der Waals surface area contributed by atoms with Crippen molar-refractivity contribution in [2.75, 3.05) is 26.4 Å². The average Bonchev–Trinajstić information content (AvgIpc) is 2.73. The Bertz CT molecular complexity index is 414. The van der Waals surface area contributed by atoms with E-state index in [4.69, 9.17) is 18.9 Å². The molecule has 0 aromatic carbocycles. The van der Waals surface area contributed by atoms with Crippen molar-refractivity contribution in [2.24, 2.45) is 23.7 Å². The second-order valence-electron chi connectivity index (χ2n) is 8.78. The molecule has 3 fully saturated rings. The van der Waals surface area contributed by atoms with Gasteiger partial charge in [0.15, 0.2) is 12.6 Å². The summed E-state index contributed by atoms with van der Waals surface area (Å²) in [6.45, 7) is 7.54. The third-order valence-corrected chi connectivity index (χ3v) is 6.50. The van der Waals surface area contributed by atoms with Gasteiger partial charge in [-0.25, -0.2) is 0 Å². The van der Waals surface area contributed by atoms with Crippen LogP contribution in [0.4, 0.5) is 0 Å². The van der Waals surface area contributed by atoms with E-state index in [9.17, 15) is 0 Å². The van der Waals surface area contributed by atoms with Crippen molar-refractivity contribution in [1.29, 1.82) is 0 Å². The molecule has 2 saturated heterocycles. The van der Waals surface area contributed by atoms with E-state index in [0.717, 1.165) is 45.2 Å². The molecule has 2 heterocycles. The summed E-state index contributed by atoms with van der Waals surface area (Å²) in [7, 11) is 0. The predicted octanol–water partition coefficient (Wildman–Crippen LogP) is 5.32. The van der Waals surface area contributed by atoms with E-state index in [1.54, 1.807) is 0 Å². The van der Waals surface area contributed by atoms with Crippen LogP contribution in [0.3, 0.4) is 0 Å². The van der Waals surface area contributed by atoms with Crippen LogP contribution in [0.2, 0.25) is 0 Å². The summed E-state index contributed by atoms with van der Waals surface area (Å²) in [6.07, 6.45) is 15.6. The first-order chi connectivity index (χ1) is 13.3. The molecule has 3 aliphatic rings. The van der Waals surface area contributed by atoms with Gasteiger partial charge in [-0.2, -0.15) is 0 Å². The lowest BCUT2D eigenvalue weighted by molar-refractivity contribution is -0.235. The summed E-state index contributed by atoms with van der Waals surface area (Å²) < 4.78 is 23.9. The molecule has 0 amide bonds. The number of unbranched alkanes of at least 4 members (excludes halogenated alkanes) is 1. The minimum atomic E-state index is -0.0531. The van der Waals surface area contributed by atoms with Crippen LogP contribution in [0.1, 0.15) is 71.6 Å². The highest BCUT2D eigenvalue weighted by Gasteiger charge is 2.32. The zero-order valence-corrected chi connectivity index (χ0v) is 17.4. The summed E-state index contributed by atoms with van der Waals surface area (Å²) in [4.78, 5) is 0. The minimum absolute atomic E-state index is 0.0390.